The third-order valence-electron chi connectivity index (χ3n) is 4.70. The van der Waals surface area contributed by atoms with E-state index in [1.54, 1.807) is 10.1 Å². The van der Waals surface area contributed by atoms with Crippen LogP contribution in [0.15, 0.2) is 52.9 Å². The lowest BCUT2D eigenvalue weighted by atomic mass is 10.2. The molecule has 10 heteroatoms. The van der Waals surface area contributed by atoms with E-state index in [4.69, 9.17) is 4.74 Å². The summed E-state index contributed by atoms with van der Waals surface area (Å²) in [5, 5.41) is 9.97. The predicted octanol–water partition coefficient (Wildman–Crippen LogP) is 2.43. The number of nitrogens with zero attached hydrogens (tertiary/aromatic N) is 4. The first-order valence-corrected chi connectivity index (χ1v) is 11.0. The molecule has 0 aliphatic carbocycles. The van der Waals surface area contributed by atoms with Gasteiger partial charge >= 0.3 is 5.97 Å². The molecule has 1 saturated heterocycles. The molecule has 1 aliphatic rings. The molecule has 0 N–H and O–H groups in total. The number of hydrogen-bond donors (Lipinski definition) is 0. The first-order valence-electron chi connectivity index (χ1n) is 8.64. The van der Waals surface area contributed by atoms with Gasteiger partial charge in [-0.1, -0.05) is 35.5 Å². The second-order valence-electron chi connectivity index (χ2n) is 6.36. The van der Waals surface area contributed by atoms with E-state index < -0.39 is 16.0 Å². The molecule has 0 bridgehead atoms. The zero-order valence-electron chi connectivity index (χ0n) is 15.1. The van der Waals surface area contributed by atoms with Gasteiger partial charge in [0.1, 0.15) is 15.5 Å². The average Bonchev–Trinajstić information content (AvgIpc) is 3.47. The predicted molar refractivity (Wildman–Crippen MR) is 104 cm³/mol. The molecule has 146 valence electrons. The maximum atomic E-state index is 13.0. The van der Waals surface area contributed by atoms with Crippen LogP contribution in [0.4, 0.5) is 0 Å². The van der Waals surface area contributed by atoms with Crippen molar-refractivity contribution in [1.82, 2.24) is 19.3 Å². The zero-order valence-corrected chi connectivity index (χ0v) is 16.7. The van der Waals surface area contributed by atoms with Crippen LogP contribution in [0, 0.1) is 0 Å². The summed E-state index contributed by atoms with van der Waals surface area (Å²) < 4.78 is 33.8. The summed E-state index contributed by atoms with van der Waals surface area (Å²) in [5.41, 5.74) is 1.70. The van der Waals surface area contributed by atoms with Gasteiger partial charge in [0.15, 0.2) is 0 Å². The van der Waals surface area contributed by atoms with Gasteiger partial charge in [0.05, 0.1) is 19.3 Å². The Labute approximate surface area is 166 Å². The number of benzene rings is 1. The number of methoxy groups -OCH3 is 1. The van der Waals surface area contributed by atoms with Gasteiger partial charge in [0.2, 0.25) is 10.0 Å². The molecular formula is C18H18N4O4S2. The Morgan fingerprint density at radius 2 is 2.04 bits per heavy atom. The van der Waals surface area contributed by atoms with Gasteiger partial charge in [-0.2, -0.15) is 4.31 Å². The van der Waals surface area contributed by atoms with Crippen molar-refractivity contribution >= 4 is 27.3 Å². The first-order chi connectivity index (χ1) is 13.5. The molecule has 28 heavy (non-hydrogen) atoms. The van der Waals surface area contributed by atoms with Crippen LogP contribution in [-0.4, -0.2) is 53.9 Å². The molecule has 8 nitrogen and oxygen atoms in total. The Morgan fingerprint density at radius 1 is 1.25 bits per heavy atom. The fraction of sp³-hybridized carbons (Fsp3) is 0.278. The Morgan fingerprint density at radius 3 is 2.79 bits per heavy atom. The molecule has 3 heterocycles. The van der Waals surface area contributed by atoms with Gasteiger partial charge in [0.25, 0.3) is 0 Å². The van der Waals surface area contributed by atoms with Crippen molar-refractivity contribution in [1.29, 1.82) is 0 Å². The summed E-state index contributed by atoms with van der Waals surface area (Å²) in [5.74, 6) is -0.645. The van der Waals surface area contributed by atoms with E-state index in [9.17, 15) is 13.2 Å². The van der Waals surface area contributed by atoms with Crippen LogP contribution in [0.25, 0.3) is 11.3 Å². The number of esters is 1. The summed E-state index contributed by atoms with van der Waals surface area (Å²) in [4.78, 5) is 12.0. The number of carbonyl (C=O) groups is 1. The van der Waals surface area contributed by atoms with Crippen LogP contribution in [-0.2, 0) is 14.8 Å². The highest BCUT2D eigenvalue weighted by atomic mass is 32.2. The Balaban J connectivity index is 1.54. The Hall–Kier alpha value is -2.56. The van der Waals surface area contributed by atoms with E-state index >= 15 is 0 Å². The van der Waals surface area contributed by atoms with Crippen LogP contribution < -0.4 is 0 Å². The number of rotatable bonds is 5. The number of hydrogen-bond acceptors (Lipinski definition) is 7. The number of aromatic nitrogens is 3. The quantitative estimate of drug-likeness (QED) is 0.591. The molecule has 0 saturated carbocycles. The average molecular weight is 419 g/mol. The smallest absolute Gasteiger partial charge is 0.349 e. The van der Waals surface area contributed by atoms with Crippen LogP contribution in [0.3, 0.4) is 0 Å². The summed E-state index contributed by atoms with van der Waals surface area (Å²) in [6, 6.07) is 11.0. The molecule has 0 unspecified atom stereocenters. The van der Waals surface area contributed by atoms with E-state index in [-0.39, 0.29) is 22.4 Å². The molecule has 0 radical (unpaired) electrons. The van der Waals surface area contributed by atoms with Crippen LogP contribution >= 0.6 is 11.3 Å². The molecule has 1 aliphatic heterocycles. The number of thiophene rings is 1. The SMILES string of the molecule is COC(=O)c1sccc1S(=O)(=O)N1CC[C@H](n2cc(-c3ccccc3)nn2)C1. The third kappa shape index (κ3) is 3.34. The molecule has 3 aromatic rings. The van der Waals surface area contributed by atoms with Crippen LogP contribution in [0.5, 0.6) is 0 Å². The fourth-order valence-corrected chi connectivity index (χ4v) is 6.02. The summed E-state index contributed by atoms with van der Waals surface area (Å²) in [7, 11) is -2.55. The highest BCUT2D eigenvalue weighted by Gasteiger charge is 2.36. The third-order valence-corrected chi connectivity index (χ3v) is 7.63. The molecule has 1 fully saturated rings. The maximum Gasteiger partial charge on any atom is 0.349 e. The van der Waals surface area contributed by atoms with Gasteiger partial charge in [-0.3, -0.25) is 0 Å². The van der Waals surface area contributed by atoms with Crippen molar-refractivity contribution in [3.05, 3.63) is 52.9 Å². The van der Waals surface area contributed by atoms with Crippen molar-refractivity contribution in [3.8, 4) is 11.3 Å². The molecule has 4 rings (SSSR count). The molecule has 2 aromatic heterocycles. The van der Waals surface area contributed by atoms with Gasteiger partial charge < -0.3 is 4.74 Å². The van der Waals surface area contributed by atoms with Gasteiger partial charge in [-0.05, 0) is 17.9 Å². The second-order valence-corrected chi connectivity index (χ2v) is 9.18. The van der Waals surface area contributed by atoms with Crippen molar-refractivity contribution in [2.45, 2.75) is 17.4 Å². The van der Waals surface area contributed by atoms with E-state index in [1.165, 1.54) is 17.5 Å². The fourth-order valence-electron chi connectivity index (χ4n) is 3.22. The minimum Gasteiger partial charge on any atom is -0.465 e. The highest BCUT2D eigenvalue weighted by molar-refractivity contribution is 7.89. The van der Waals surface area contributed by atoms with Gasteiger partial charge in [0, 0.05) is 18.7 Å². The Kier molecular flexibility index (Phi) is 5.00. The minimum atomic E-state index is -3.79. The maximum absolute atomic E-state index is 13.0. The standard InChI is InChI=1S/C18H18N4O4S2/c1-26-18(23)17-16(8-10-27-17)28(24,25)21-9-7-14(11-21)22-12-15(19-20-22)13-5-3-2-4-6-13/h2-6,8,10,12,14H,7,9,11H2,1H3/t14-/m0/s1. The first kappa shape index (κ1) is 18.8. The number of ether oxygens (including phenoxy) is 1. The minimum absolute atomic E-state index is 0.00596. The summed E-state index contributed by atoms with van der Waals surface area (Å²) >= 11 is 1.06. The van der Waals surface area contributed by atoms with E-state index in [2.05, 4.69) is 10.3 Å². The molecule has 0 spiro atoms. The summed E-state index contributed by atoms with van der Waals surface area (Å²) in [6.45, 7) is 0.625. The molecule has 0 amide bonds. The molecular weight excluding hydrogens is 400 g/mol. The lowest BCUT2D eigenvalue weighted by molar-refractivity contribution is 0.0602. The normalized spacial score (nSPS) is 17.7. The molecule has 1 atom stereocenters. The summed E-state index contributed by atoms with van der Waals surface area (Å²) in [6.07, 6.45) is 2.45. The largest absolute Gasteiger partial charge is 0.465 e. The van der Waals surface area contributed by atoms with Crippen LogP contribution in [0.2, 0.25) is 0 Å². The van der Waals surface area contributed by atoms with Gasteiger partial charge in [-0.15, -0.1) is 16.4 Å². The number of carbonyl (C=O) groups excluding carboxylic acids is 1. The van der Waals surface area contributed by atoms with Crippen molar-refractivity contribution < 1.29 is 17.9 Å². The van der Waals surface area contributed by atoms with E-state index in [0.29, 0.717) is 13.0 Å². The second kappa shape index (κ2) is 7.46. The Bertz CT molecular complexity index is 1090. The van der Waals surface area contributed by atoms with Crippen LogP contribution in [0.1, 0.15) is 22.1 Å². The lowest BCUT2D eigenvalue weighted by Gasteiger charge is -2.16. The van der Waals surface area contributed by atoms with E-state index in [1.807, 2.05) is 36.5 Å². The zero-order chi connectivity index (χ0) is 19.7. The number of sulfonamides is 1. The monoisotopic (exact) mass is 418 g/mol. The van der Waals surface area contributed by atoms with Crippen molar-refractivity contribution in [2.75, 3.05) is 20.2 Å². The van der Waals surface area contributed by atoms with Crippen molar-refractivity contribution in [3.63, 3.8) is 0 Å². The van der Waals surface area contributed by atoms with E-state index in [0.717, 1.165) is 22.6 Å². The van der Waals surface area contributed by atoms with Crippen molar-refractivity contribution in [2.24, 2.45) is 0 Å². The van der Waals surface area contributed by atoms with Gasteiger partial charge in [-0.25, -0.2) is 17.9 Å². The highest BCUT2D eigenvalue weighted by Crippen LogP contribution is 2.31. The lowest BCUT2D eigenvalue weighted by Crippen LogP contribution is -2.30. The topological polar surface area (TPSA) is 94.4 Å². The molecule has 1 aromatic carbocycles.